The number of likely N-dealkylation sites (N-methyl/N-ethyl adjacent to an activating group) is 1. The second-order valence-corrected chi connectivity index (χ2v) is 8.30. The van der Waals surface area contributed by atoms with Crippen LogP contribution in [0.1, 0.15) is 22.6 Å². The third-order valence-corrected chi connectivity index (χ3v) is 6.17. The van der Waals surface area contributed by atoms with Crippen molar-refractivity contribution < 1.29 is 0 Å². The molecule has 4 nitrogen and oxygen atoms in total. The van der Waals surface area contributed by atoms with Crippen LogP contribution in [0.3, 0.4) is 0 Å². The first kappa shape index (κ1) is 18.0. The molecule has 0 saturated heterocycles. The van der Waals surface area contributed by atoms with Crippen LogP contribution >= 0.6 is 11.3 Å². The predicted molar refractivity (Wildman–Crippen MR) is 120 cm³/mol. The van der Waals surface area contributed by atoms with Crippen LogP contribution in [0.25, 0.3) is 11.3 Å². The molecule has 2 aromatic carbocycles. The minimum atomic E-state index is 0.383. The molecule has 4 aromatic rings. The first-order chi connectivity index (χ1) is 14.3. The largest absolute Gasteiger partial charge is 0.331 e. The molecule has 29 heavy (non-hydrogen) atoms. The molecular formula is C24H22N4S. The number of fused-ring (bicyclic) bond motifs is 1. The van der Waals surface area contributed by atoms with E-state index in [1.54, 1.807) is 17.5 Å². The maximum absolute atomic E-state index is 4.77. The Hall–Kier alpha value is -3.02. The quantitative estimate of drug-likeness (QED) is 0.491. The summed E-state index contributed by atoms with van der Waals surface area (Å²) in [7, 11) is 2.19. The zero-order valence-electron chi connectivity index (χ0n) is 16.2. The van der Waals surface area contributed by atoms with Crippen molar-refractivity contribution in [1.82, 2.24) is 14.9 Å². The van der Waals surface area contributed by atoms with Crippen LogP contribution in [0.2, 0.25) is 0 Å². The third-order valence-electron chi connectivity index (χ3n) is 5.41. The molecule has 1 aliphatic rings. The van der Waals surface area contributed by atoms with Crippen LogP contribution in [-0.2, 0) is 6.54 Å². The molecule has 0 radical (unpaired) electrons. The molecule has 0 spiro atoms. The summed E-state index contributed by atoms with van der Waals surface area (Å²) in [5, 5.41) is 6.56. The van der Waals surface area contributed by atoms with E-state index < -0.39 is 0 Å². The average molecular weight is 399 g/mol. The first-order valence-electron chi connectivity index (χ1n) is 9.76. The van der Waals surface area contributed by atoms with Crippen molar-refractivity contribution in [2.45, 2.75) is 12.5 Å². The summed E-state index contributed by atoms with van der Waals surface area (Å²) in [6, 6.07) is 21.4. The summed E-state index contributed by atoms with van der Waals surface area (Å²) >= 11 is 1.62. The fourth-order valence-electron chi connectivity index (χ4n) is 4.03. The Morgan fingerprint density at radius 1 is 1.03 bits per heavy atom. The number of aromatic nitrogens is 2. The molecule has 2 aromatic heterocycles. The summed E-state index contributed by atoms with van der Waals surface area (Å²) in [4.78, 5) is 11.4. The van der Waals surface area contributed by atoms with Crippen LogP contribution in [0.4, 0.5) is 10.8 Å². The van der Waals surface area contributed by atoms with Crippen molar-refractivity contribution in [3.05, 3.63) is 95.1 Å². The molecule has 1 N–H and O–H groups in total. The highest BCUT2D eigenvalue weighted by Gasteiger charge is 2.26. The Kier molecular flexibility index (Phi) is 4.84. The topological polar surface area (TPSA) is 41.0 Å². The fraction of sp³-hybridized carbons (Fsp3) is 0.167. The molecule has 1 atom stereocenters. The third kappa shape index (κ3) is 3.67. The number of rotatable bonds is 4. The zero-order chi connectivity index (χ0) is 19.6. The molecule has 1 unspecified atom stereocenters. The van der Waals surface area contributed by atoms with Crippen molar-refractivity contribution in [1.29, 1.82) is 0 Å². The van der Waals surface area contributed by atoms with Gasteiger partial charge in [-0.15, -0.1) is 11.3 Å². The number of nitrogens with one attached hydrogen (secondary N) is 1. The second-order valence-electron chi connectivity index (χ2n) is 7.44. The highest BCUT2D eigenvalue weighted by molar-refractivity contribution is 7.14. The van der Waals surface area contributed by atoms with Gasteiger partial charge in [0.15, 0.2) is 5.13 Å². The summed E-state index contributed by atoms with van der Waals surface area (Å²) < 4.78 is 0. The van der Waals surface area contributed by atoms with Gasteiger partial charge in [0.05, 0.1) is 5.69 Å². The van der Waals surface area contributed by atoms with E-state index in [0.29, 0.717) is 5.92 Å². The predicted octanol–water partition coefficient (Wildman–Crippen LogP) is 5.53. The number of anilines is 2. The van der Waals surface area contributed by atoms with Gasteiger partial charge in [0.25, 0.3) is 0 Å². The molecule has 0 aliphatic carbocycles. The number of nitrogens with zero attached hydrogens (tertiary/aromatic N) is 3. The summed E-state index contributed by atoms with van der Waals surface area (Å²) in [6.07, 6.45) is 3.63. The van der Waals surface area contributed by atoms with Crippen LogP contribution in [0.5, 0.6) is 0 Å². The Balaban J connectivity index is 1.48. The van der Waals surface area contributed by atoms with Gasteiger partial charge in [-0.05, 0) is 41.9 Å². The monoisotopic (exact) mass is 398 g/mol. The van der Waals surface area contributed by atoms with E-state index >= 15 is 0 Å². The highest BCUT2D eigenvalue weighted by atomic mass is 32.1. The van der Waals surface area contributed by atoms with E-state index in [1.165, 1.54) is 16.7 Å². The van der Waals surface area contributed by atoms with E-state index in [1.807, 2.05) is 18.3 Å². The maximum Gasteiger partial charge on any atom is 0.187 e. The smallest absolute Gasteiger partial charge is 0.187 e. The molecule has 0 fully saturated rings. The number of hydrogen-bond donors (Lipinski definition) is 1. The minimum Gasteiger partial charge on any atom is -0.331 e. The van der Waals surface area contributed by atoms with E-state index in [4.69, 9.17) is 4.98 Å². The summed E-state index contributed by atoms with van der Waals surface area (Å²) in [5.74, 6) is 0.383. The van der Waals surface area contributed by atoms with E-state index in [0.717, 1.165) is 35.2 Å². The highest BCUT2D eigenvalue weighted by Crippen LogP contribution is 2.38. The molecule has 0 bridgehead atoms. The van der Waals surface area contributed by atoms with Gasteiger partial charge in [0.1, 0.15) is 0 Å². The molecule has 0 saturated carbocycles. The molecule has 3 heterocycles. The lowest BCUT2D eigenvalue weighted by Gasteiger charge is -2.34. The van der Waals surface area contributed by atoms with E-state index in [-0.39, 0.29) is 0 Å². The zero-order valence-corrected chi connectivity index (χ0v) is 17.1. The van der Waals surface area contributed by atoms with Crippen LogP contribution in [-0.4, -0.2) is 28.5 Å². The van der Waals surface area contributed by atoms with Crippen LogP contribution < -0.4 is 5.32 Å². The summed E-state index contributed by atoms with van der Waals surface area (Å²) in [6.45, 7) is 1.96. The Bertz CT molecular complexity index is 1110. The number of hydrogen-bond acceptors (Lipinski definition) is 5. The van der Waals surface area contributed by atoms with Crippen molar-refractivity contribution >= 4 is 22.2 Å². The molecule has 144 valence electrons. The van der Waals surface area contributed by atoms with Crippen molar-refractivity contribution in [3.8, 4) is 11.3 Å². The molecule has 0 amide bonds. The van der Waals surface area contributed by atoms with Crippen molar-refractivity contribution in [2.75, 3.05) is 18.9 Å². The molecule has 1 aliphatic heterocycles. The average Bonchev–Trinajstić information content (AvgIpc) is 3.23. The summed E-state index contributed by atoms with van der Waals surface area (Å²) in [5.41, 5.74) is 7.26. The Morgan fingerprint density at radius 2 is 1.93 bits per heavy atom. The lowest BCUT2D eigenvalue weighted by atomic mass is 9.84. The molecule has 5 heteroatoms. The molecule has 5 rings (SSSR count). The van der Waals surface area contributed by atoms with Crippen molar-refractivity contribution in [2.24, 2.45) is 0 Å². The van der Waals surface area contributed by atoms with Crippen LogP contribution in [0.15, 0.2) is 78.4 Å². The van der Waals surface area contributed by atoms with Gasteiger partial charge in [0.2, 0.25) is 0 Å². The van der Waals surface area contributed by atoms with E-state index in [9.17, 15) is 0 Å². The number of benzene rings is 2. The lowest BCUT2D eigenvalue weighted by molar-refractivity contribution is 0.296. The van der Waals surface area contributed by atoms with Gasteiger partial charge in [-0.3, -0.25) is 4.98 Å². The second kappa shape index (κ2) is 7.78. The first-order valence-corrected chi connectivity index (χ1v) is 10.6. The van der Waals surface area contributed by atoms with Gasteiger partial charge >= 0.3 is 0 Å². The Labute approximate surface area is 174 Å². The fourth-order valence-corrected chi connectivity index (χ4v) is 4.76. The number of pyridine rings is 1. The SMILES string of the molecule is CN1Cc2c(Nc3nc(-c4cccnc4)cs3)cccc2C(c2ccccc2)C1. The van der Waals surface area contributed by atoms with Gasteiger partial charge < -0.3 is 10.2 Å². The van der Waals surface area contributed by atoms with E-state index in [2.05, 4.69) is 76.2 Å². The van der Waals surface area contributed by atoms with Gasteiger partial charge in [-0.25, -0.2) is 4.98 Å². The van der Waals surface area contributed by atoms with Gasteiger partial charge in [-0.1, -0.05) is 42.5 Å². The lowest BCUT2D eigenvalue weighted by Crippen LogP contribution is -2.31. The van der Waals surface area contributed by atoms with Crippen molar-refractivity contribution in [3.63, 3.8) is 0 Å². The van der Waals surface area contributed by atoms with Crippen LogP contribution in [0, 0.1) is 0 Å². The standard InChI is InChI=1S/C24H22N4S/c1-28-14-20(17-7-3-2-4-8-17)19-10-5-11-22(21(19)15-28)26-24-27-23(16-29-24)18-9-6-12-25-13-18/h2-13,16,20H,14-15H2,1H3,(H,26,27). The maximum atomic E-state index is 4.77. The normalized spacial score (nSPS) is 16.4. The molecular weight excluding hydrogens is 376 g/mol. The number of thiazole rings is 1. The Morgan fingerprint density at radius 3 is 2.76 bits per heavy atom. The van der Waals surface area contributed by atoms with Gasteiger partial charge in [0, 0.05) is 48.0 Å². The minimum absolute atomic E-state index is 0.383. The van der Waals surface area contributed by atoms with Gasteiger partial charge in [-0.2, -0.15) is 0 Å².